The third kappa shape index (κ3) is 1.71. The molecule has 0 radical (unpaired) electrons. The average molecular weight is 278 g/mol. The van der Waals surface area contributed by atoms with Crippen molar-refractivity contribution >= 4 is 38.3 Å². The SMILES string of the molecule is Nc1nc(-c2ccc3ccccc3n2)nc2sccc12. The standard InChI is InChI=1S/C15H10N4S/c16-13-10-7-8-20-15(10)19-14(18-13)12-6-5-9-3-1-2-4-11(9)17-12/h1-8H,(H2,16,18,19). The smallest absolute Gasteiger partial charge is 0.181 e. The molecule has 2 N–H and O–H groups in total. The predicted molar refractivity (Wildman–Crippen MR) is 82.6 cm³/mol. The van der Waals surface area contributed by atoms with Gasteiger partial charge in [-0.15, -0.1) is 11.3 Å². The number of hydrogen-bond donors (Lipinski definition) is 1. The summed E-state index contributed by atoms with van der Waals surface area (Å²) in [5.74, 6) is 1.07. The van der Waals surface area contributed by atoms with E-state index < -0.39 is 0 Å². The van der Waals surface area contributed by atoms with Gasteiger partial charge in [-0.3, -0.25) is 0 Å². The normalized spacial score (nSPS) is 11.2. The monoisotopic (exact) mass is 278 g/mol. The van der Waals surface area contributed by atoms with Crippen molar-refractivity contribution in [2.24, 2.45) is 0 Å². The van der Waals surface area contributed by atoms with E-state index in [1.807, 2.05) is 47.8 Å². The van der Waals surface area contributed by atoms with Gasteiger partial charge in [0.05, 0.1) is 10.9 Å². The van der Waals surface area contributed by atoms with Gasteiger partial charge in [0.2, 0.25) is 0 Å². The molecule has 20 heavy (non-hydrogen) atoms. The molecule has 0 aliphatic rings. The molecule has 5 heteroatoms. The first-order valence-corrected chi connectivity index (χ1v) is 7.06. The molecule has 0 atom stereocenters. The van der Waals surface area contributed by atoms with E-state index in [-0.39, 0.29) is 0 Å². The molecule has 0 amide bonds. The molecule has 3 heterocycles. The number of nitrogen functional groups attached to an aromatic ring is 1. The van der Waals surface area contributed by atoms with Gasteiger partial charge in [0.25, 0.3) is 0 Å². The Balaban J connectivity index is 1.95. The van der Waals surface area contributed by atoms with Crippen LogP contribution in [-0.4, -0.2) is 15.0 Å². The minimum absolute atomic E-state index is 0.501. The number of thiophene rings is 1. The number of rotatable bonds is 1. The molecule has 0 unspecified atom stereocenters. The van der Waals surface area contributed by atoms with E-state index in [1.54, 1.807) is 11.3 Å². The summed E-state index contributed by atoms with van der Waals surface area (Å²) in [6.07, 6.45) is 0. The number of pyridine rings is 1. The van der Waals surface area contributed by atoms with Gasteiger partial charge >= 0.3 is 0 Å². The molecule has 3 aromatic heterocycles. The topological polar surface area (TPSA) is 64.7 Å². The van der Waals surface area contributed by atoms with Gasteiger partial charge in [0, 0.05) is 5.39 Å². The van der Waals surface area contributed by atoms with Crippen molar-refractivity contribution in [2.45, 2.75) is 0 Å². The average Bonchev–Trinajstić information content (AvgIpc) is 2.96. The summed E-state index contributed by atoms with van der Waals surface area (Å²) in [5, 5.41) is 3.97. The van der Waals surface area contributed by atoms with E-state index in [2.05, 4.69) is 15.0 Å². The first-order chi connectivity index (χ1) is 9.81. The molecule has 0 aliphatic carbocycles. The summed E-state index contributed by atoms with van der Waals surface area (Å²) in [5.41, 5.74) is 7.65. The molecule has 4 aromatic rings. The van der Waals surface area contributed by atoms with E-state index in [4.69, 9.17) is 5.73 Å². The lowest BCUT2D eigenvalue weighted by molar-refractivity contribution is 1.21. The van der Waals surface area contributed by atoms with Crippen LogP contribution >= 0.6 is 11.3 Å². The maximum absolute atomic E-state index is 5.98. The lowest BCUT2D eigenvalue weighted by Gasteiger charge is -2.03. The van der Waals surface area contributed by atoms with E-state index in [0.29, 0.717) is 11.6 Å². The van der Waals surface area contributed by atoms with Crippen LogP contribution in [0.25, 0.3) is 32.6 Å². The number of hydrogen-bond acceptors (Lipinski definition) is 5. The van der Waals surface area contributed by atoms with Gasteiger partial charge in [-0.2, -0.15) is 0 Å². The van der Waals surface area contributed by atoms with E-state index >= 15 is 0 Å². The van der Waals surface area contributed by atoms with Crippen molar-refractivity contribution in [1.29, 1.82) is 0 Å². The third-order valence-electron chi connectivity index (χ3n) is 3.18. The maximum Gasteiger partial charge on any atom is 0.181 e. The summed E-state index contributed by atoms with van der Waals surface area (Å²) in [4.78, 5) is 14.4. The van der Waals surface area contributed by atoms with Crippen LogP contribution < -0.4 is 5.73 Å². The van der Waals surface area contributed by atoms with Crippen molar-refractivity contribution in [3.8, 4) is 11.5 Å². The van der Waals surface area contributed by atoms with Crippen LogP contribution in [0.15, 0.2) is 47.8 Å². The highest BCUT2D eigenvalue weighted by molar-refractivity contribution is 7.16. The van der Waals surface area contributed by atoms with Crippen molar-refractivity contribution in [2.75, 3.05) is 5.73 Å². The first kappa shape index (κ1) is 11.3. The highest BCUT2D eigenvalue weighted by atomic mass is 32.1. The number of fused-ring (bicyclic) bond motifs is 2. The Hall–Kier alpha value is -2.53. The zero-order valence-electron chi connectivity index (χ0n) is 10.4. The minimum atomic E-state index is 0.501. The van der Waals surface area contributed by atoms with Crippen LogP contribution in [0.5, 0.6) is 0 Å². The molecule has 0 bridgehead atoms. The Kier molecular flexibility index (Phi) is 2.40. The van der Waals surface area contributed by atoms with E-state index in [0.717, 1.165) is 26.8 Å². The number of aromatic nitrogens is 3. The van der Waals surface area contributed by atoms with Gasteiger partial charge in [0.1, 0.15) is 16.3 Å². The van der Waals surface area contributed by atoms with Crippen LogP contribution in [0.2, 0.25) is 0 Å². The fourth-order valence-corrected chi connectivity index (χ4v) is 2.96. The lowest BCUT2D eigenvalue weighted by atomic mass is 10.2. The maximum atomic E-state index is 5.98. The molecule has 4 nitrogen and oxygen atoms in total. The summed E-state index contributed by atoms with van der Waals surface area (Å²) < 4.78 is 0. The number of anilines is 1. The molecule has 0 fully saturated rings. The van der Waals surface area contributed by atoms with Crippen molar-refractivity contribution in [1.82, 2.24) is 15.0 Å². The van der Waals surface area contributed by atoms with Gasteiger partial charge in [-0.1, -0.05) is 24.3 Å². The summed E-state index contributed by atoms with van der Waals surface area (Å²) in [6, 6.07) is 13.9. The molecule has 4 rings (SSSR count). The molecular formula is C15H10N4S. The number of benzene rings is 1. The van der Waals surface area contributed by atoms with Crippen LogP contribution in [-0.2, 0) is 0 Å². The van der Waals surface area contributed by atoms with Crippen molar-refractivity contribution in [3.63, 3.8) is 0 Å². The summed E-state index contributed by atoms with van der Waals surface area (Å²) in [7, 11) is 0. The molecule has 0 saturated heterocycles. The van der Waals surface area contributed by atoms with Crippen LogP contribution in [0.4, 0.5) is 5.82 Å². The molecule has 0 spiro atoms. The molecule has 96 valence electrons. The van der Waals surface area contributed by atoms with Crippen molar-refractivity contribution in [3.05, 3.63) is 47.8 Å². The first-order valence-electron chi connectivity index (χ1n) is 6.18. The van der Waals surface area contributed by atoms with Crippen LogP contribution in [0, 0.1) is 0 Å². The third-order valence-corrected chi connectivity index (χ3v) is 3.99. The second-order valence-corrected chi connectivity index (χ2v) is 5.36. The largest absolute Gasteiger partial charge is 0.383 e. The Morgan fingerprint density at radius 3 is 2.75 bits per heavy atom. The zero-order chi connectivity index (χ0) is 13.5. The lowest BCUT2D eigenvalue weighted by Crippen LogP contribution is -1.97. The number of nitrogens with zero attached hydrogens (tertiary/aromatic N) is 3. The Morgan fingerprint density at radius 1 is 0.900 bits per heavy atom. The van der Waals surface area contributed by atoms with Crippen LogP contribution in [0.1, 0.15) is 0 Å². The number of nitrogens with two attached hydrogens (primary N) is 1. The highest BCUT2D eigenvalue weighted by Crippen LogP contribution is 2.26. The molecule has 1 aromatic carbocycles. The fraction of sp³-hybridized carbons (Fsp3) is 0. The van der Waals surface area contributed by atoms with E-state index in [9.17, 15) is 0 Å². The predicted octanol–water partition coefficient (Wildman–Crippen LogP) is 3.49. The van der Waals surface area contributed by atoms with E-state index in [1.165, 1.54) is 0 Å². The Bertz CT molecular complexity index is 929. The highest BCUT2D eigenvalue weighted by Gasteiger charge is 2.09. The number of para-hydroxylation sites is 1. The summed E-state index contributed by atoms with van der Waals surface area (Å²) >= 11 is 1.56. The second-order valence-electron chi connectivity index (χ2n) is 4.46. The van der Waals surface area contributed by atoms with Gasteiger partial charge in [-0.25, -0.2) is 15.0 Å². The molecule has 0 saturated carbocycles. The van der Waals surface area contributed by atoms with Gasteiger partial charge < -0.3 is 5.73 Å². The Labute approximate surface area is 118 Å². The van der Waals surface area contributed by atoms with Crippen LogP contribution in [0.3, 0.4) is 0 Å². The zero-order valence-corrected chi connectivity index (χ0v) is 11.3. The summed E-state index contributed by atoms with van der Waals surface area (Å²) in [6.45, 7) is 0. The Morgan fingerprint density at radius 2 is 1.80 bits per heavy atom. The molecule has 0 aliphatic heterocycles. The van der Waals surface area contributed by atoms with Crippen molar-refractivity contribution < 1.29 is 0 Å². The molecular weight excluding hydrogens is 268 g/mol. The fourth-order valence-electron chi connectivity index (χ4n) is 2.18. The minimum Gasteiger partial charge on any atom is -0.383 e. The van der Waals surface area contributed by atoms with Gasteiger partial charge in [0.15, 0.2) is 5.82 Å². The quantitative estimate of drug-likeness (QED) is 0.579. The second kappa shape index (κ2) is 4.25. The van der Waals surface area contributed by atoms with Gasteiger partial charge in [-0.05, 0) is 23.6 Å².